The number of nitrogens with one attached hydrogen (secondary N) is 1. The first-order chi connectivity index (χ1) is 7.83. The van der Waals surface area contributed by atoms with Crippen LogP contribution >= 0.6 is 0 Å². The summed E-state index contributed by atoms with van der Waals surface area (Å²) in [6.45, 7) is 0. The highest BCUT2D eigenvalue weighted by atomic mass is 16.5. The van der Waals surface area contributed by atoms with E-state index in [0.29, 0.717) is 6.10 Å². The van der Waals surface area contributed by atoms with Crippen molar-refractivity contribution in [3.63, 3.8) is 0 Å². The fraction of sp³-hybridized carbons (Fsp3) is 0.462. The lowest BCUT2D eigenvalue weighted by Gasteiger charge is -2.19. The second kappa shape index (κ2) is 3.91. The molecule has 2 saturated heterocycles. The Morgan fingerprint density at radius 3 is 2.69 bits per heavy atom. The van der Waals surface area contributed by atoms with Crippen molar-refractivity contribution in [1.82, 2.24) is 5.32 Å². The molecule has 3 unspecified atom stereocenters. The quantitative estimate of drug-likeness (QED) is 0.819. The summed E-state index contributed by atoms with van der Waals surface area (Å²) in [7, 11) is 0. The number of rotatable bonds is 2. The van der Waals surface area contributed by atoms with Gasteiger partial charge in [-0.1, -0.05) is 18.2 Å². The predicted octanol–water partition coefficient (Wildman–Crippen LogP) is 1.74. The van der Waals surface area contributed by atoms with E-state index in [1.807, 2.05) is 30.3 Å². The third kappa shape index (κ3) is 1.71. The molecule has 16 heavy (non-hydrogen) atoms. The number of hydrogen-bond donors (Lipinski definition) is 1. The molecule has 2 fully saturated rings. The summed E-state index contributed by atoms with van der Waals surface area (Å²) in [6, 6.07) is 9.56. The molecule has 3 rings (SSSR count). The maximum absolute atomic E-state index is 11.9. The molecular weight excluding hydrogens is 202 g/mol. The zero-order valence-electron chi connectivity index (χ0n) is 9.06. The molecule has 0 aliphatic carbocycles. The van der Waals surface area contributed by atoms with Crippen LogP contribution in [0.2, 0.25) is 0 Å². The molecule has 3 atom stereocenters. The molecule has 0 saturated carbocycles. The Morgan fingerprint density at radius 1 is 1.25 bits per heavy atom. The fourth-order valence-electron chi connectivity index (χ4n) is 2.63. The number of hydrogen-bond acceptors (Lipinski definition) is 2. The van der Waals surface area contributed by atoms with Gasteiger partial charge in [0.15, 0.2) is 0 Å². The summed E-state index contributed by atoms with van der Waals surface area (Å²) in [5, 5.41) is 3.06. The van der Waals surface area contributed by atoms with E-state index in [1.54, 1.807) is 0 Å². The average molecular weight is 217 g/mol. The van der Waals surface area contributed by atoms with Crippen molar-refractivity contribution in [1.29, 1.82) is 0 Å². The highest BCUT2D eigenvalue weighted by Gasteiger charge is 2.41. The van der Waals surface area contributed by atoms with E-state index >= 15 is 0 Å². The number of carbonyl (C=O) groups excluding carboxylic acids is 1. The van der Waals surface area contributed by atoms with E-state index in [4.69, 9.17) is 4.74 Å². The molecule has 2 bridgehead atoms. The smallest absolute Gasteiger partial charge is 0.251 e. The topological polar surface area (TPSA) is 38.3 Å². The molecule has 2 aliphatic rings. The fourth-order valence-corrected chi connectivity index (χ4v) is 2.63. The predicted molar refractivity (Wildman–Crippen MR) is 60.2 cm³/mol. The van der Waals surface area contributed by atoms with Crippen molar-refractivity contribution in [2.75, 3.05) is 0 Å². The Kier molecular flexibility index (Phi) is 2.40. The van der Waals surface area contributed by atoms with Crippen molar-refractivity contribution in [3.05, 3.63) is 35.9 Å². The van der Waals surface area contributed by atoms with E-state index in [9.17, 15) is 4.79 Å². The first-order valence-electron chi connectivity index (χ1n) is 5.84. The lowest BCUT2D eigenvalue weighted by atomic mass is 9.95. The van der Waals surface area contributed by atoms with Gasteiger partial charge in [-0.05, 0) is 31.4 Å². The normalized spacial score (nSPS) is 31.6. The van der Waals surface area contributed by atoms with Crippen molar-refractivity contribution in [3.8, 4) is 0 Å². The maximum Gasteiger partial charge on any atom is 0.251 e. The molecule has 84 valence electrons. The first kappa shape index (κ1) is 9.85. The van der Waals surface area contributed by atoms with Gasteiger partial charge in [0.2, 0.25) is 0 Å². The van der Waals surface area contributed by atoms with E-state index in [-0.39, 0.29) is 18.1 Å². The molecule has 3 nitrogen and oxygen atoms in total. The van der Waals surface area contributed by atoms with Crippen molar-refractivity contribution >= 4 is 5.91 Å². The zero-order chi connectivity index (χ0) is 11.0. The van der Waals surface area contributed by atoms with Gasteiger partial charge in [0.25, 0.3) is 5.91 Å². The van der Waals surface area contributed by atoms with Gasteiger partial charge >= 0.3 is 0 Å². The van der Waals surface area contributed by atoms with Gasteiger partial charge in [0.1, 0.15) is 0 Å². The SMILES string of the molecule is O=C(NC1CC2CCC1O2)c1ccccc1. The van der Waals surface area contributed by atoms with Crippen LogP contribution in [0, 0.1) is 0 Å². The van der Waals surface area contributed by atoms with Gasteiger partial charge in [-0.15, -0.1) is 0 Å². The highest BCUT2D eigenvalue weighted by Crippen LogP contribution is 2.34. The van der Waals surface area contributed by atoms with Crippen LogP contribution < -0.4 is 5.32 Å². The number of carbonyl (C=O) groups is 1. The molecule has 1 aromatic carbocycles. The van der Waals surface area contributed by atoms with E-state index < -0.39 is 0 Å². The van der Waals surface area contributed by atoms with Crippen LogP contribution in [-0.2, 0) is 4.74 Å². The monoisotopic (exact) mass is 217 g/mol. The molecule has 0 radical (unpaired) electrons. The summed E-state index contributed by atoms with van der Waals surface area (Å²) < 4.78 is 5.71. The molecule has 2 aliphatic heterocycles. The van der Waals surface area contributed by atoms with Gasteiger partial charge in [0, 0.05) is 5.56 Å². The van der Waals surface area contributed by atoms with Crippen LogP contribution in [0.5, 0.6) is 0 Å². The number of benzene rings is 1. The number of ether oxygens (including phenoxy) is 1. The molecule has 1 aromatic rings. The highest BCUT2D eigenvalue weighted by molar-refractivity contribution is 5.94. The van der Waals surface area contributed by atoms with Gasteiger partial charge < -0.3 is 10.1 Å². The lowest BCUT2D eigenvalue weighted by Crippen LogP contribution is -2.41. The summed E-state index contributed by atoms with van der Waals surface area (Å²) in [6.07, 6.45) is 3.85. The van der Waals surface area contributed by atoms with Crippen molar-refractivity contribution in [2.45, 2.75) is 37.5 Å². The minimum atomic E-state index is 0.0155. The molecule has 3 heteroatoms. The Balaban J connectivity index is 1.65. The Labute approximate surface area is 94.8 Å². The molecule has 0 spiro atoms. The summed E-state index contributed by atoms with van der Waals surface area (Å²) >= 11 is 0. The van der Waals surface area contributed by atoms with Crippen LogP contribution in [0.3, 0.4) is 0 Å². The van der Waals surface area contributed by atoms with Crippen LogP contribution in [0.4, 0.5) is 0 Å². The molecular formula is C13H15NO2. The minimum Gasteiger partial charge on any atom is -0.373 e. The third-order valence-electron chi connectivity index (χ3n) is 3.46. The second-order valence-corrected chi connectivity index (χ2v) is 4.56. The van der Waals surface area contributed by atoms with E-state index in [1.165, 1.54) is 0 Å². The molecule has 2 heterocycles. The van der Waals surface area contributed by atoms with E-state index in [0.717, 1.165) is 24.8 Å². The number of fused-ring (bicyclic) bond motifs is 2. The lowest BCUT2D eigenvalue weighted by molar-refractivity contribution is 0.0841. The maximum atomic E-state index is 11.9. The van der Waals surface area contributed by atoms with Crippen LogP contribution in [-0.4, -0.2) is 24.2 Å². The number of amides is 1. The Bertz CT molecular complexity index is 390. The minimum absolute atomic E-state index is 0.0155. The van der Waals surface area contributed by atoms with Gasteiger partial charge in [-0.25, -0.2) is 0 Å². The summed E-state index contributed by atoms with van der Waals surface area (Å²) in [5.74, 6) is 0.0155. The summed E-state index contributed by atoms with van der Waals surface area (Å²) in [4.78, 5) is 11.9. The van der Waals surface area contributed by atoms with Crippen LogP contribution in [0.25, 0.3) is 0 Å². The average Bonchev–Trinajstić information content (AvgIpc) is 2.92. The van der Waals surface area contributed by atoms with E-state index in [2.05, 4.69) is 5.32 Å². The third-order valence-corrected chi connectivity index (χ3v) is 3.46. The second-order valence-electron chi connectivity index (χ2n) is 4.56. The van der Waals surface area contributed by atoms with Crippen LogP contribution in [0.15, 0.2) is 30.3 Å². The van der Waals surface area contributed by atoms with Gasteiger partial charge in [-0.3, -0.25) is 4.79 Å². The zero-order valence-corrected chi connectivity index (χ0v) is 9.06. The van der Waals surface area contributed by atoms with Crippen molar-refractivity contribution < 1.29 is 9.53 Å². The Hall–Kier alpha value is -1.35. The van der Waals surface area contributed by atoms with Crippen molar-refractivity contribution in [2.24, 2.45) is 0 Å². The van der Waals surface area contributed by atoms with Crippen LogP contribution in [0.1, 0.15) is 29.6 Å². The first-order valence-corrected chi connectivity index (χ1v) is 5.84. The molecule has 1 amide bonds. The molecule has 1 N–H and O–H groups in total. The summed E-state index contributed by atoms with van der Waals surface area (Å²) in [5.41, 5.74) is 0.727. The molecule has 0 aromatic heterocycles. The Morgan fingerprint density at radius 2 is 2.06 bits per heavy atom. The standard InChI is InChI=1S/C13H15NO2/c15-13(9-4-2-1-3-5-9)14-11-8-10-6-7-12(11)16-10/h1-5,10-12H,6-8H2,(H,14,15). The van der Waals surface area contributed by atoms with Gasteiger partial charge in [0.05, 0.1) is 18.2 Å². The van der Waals surface area contributed by atoms with Gasteiger partial charge in [-0.2, -0.15) is 0 Å². The largest absolute Gasteiger partial charge is 0.373 e.